The minimum atomic E-state index is -1.15. The third-order valence-corrected chi connectivity index (χ3v) is 3.01. The maximum atomic E-state index is 11.9. The lowest BCUT2D eigenvalue weighted by Crippen LogP contribution is -2.41. The van der Waals surface area contributed by atoms with Crippen LogP contribution in [0.1, 0.15) is 33.6 Å². The summed E-state index contributed by atoms with van der Waals surface area (Å²) in [6.45, 7) is 0.504. The number of rotatable bonds is 6. The van der Waals surface area contributed by atoms with Gasteiger partial charge < -0.3 is 21.1 Å². The zero-order valence-electron chi connectivity index (χ0n) is 11.4. The first-order chi connectivity index (χ1) is 10.1. The van der Waals surface area contributed by atoms with Crippen molar-refractivity contribution in [1.29, 1.82) is 0 Å². The maximum absolute atomic E-state index is 11.9. The molecule has 0 aliphatic heterocycles. The first-order valence-electron chi connectivity index (χ1n) is 6.73. The van der Waals surface area contributed by atoms with Gasteiger partial charge in [-0.25, -0.2) is 9.59 Å². The molecule has 1 fully saturated rings. The van der Waals surface area contributed by atoms with Crippen LogP contribution < -0.4 is 16.0 Å². The molecule has 7 heteroatoms. The summed E-state index contributed by atoms with van der Waals surface area (Å²) in [5.74, 6) is -1.62. The van der Waals surface area contributed by atoms with Gasteiger partial charge in [-0.2, -0.15) is 0 Å². The Labute approximate surface area is 121 Å². The molecule has 0 radical (unpaired) electrons. The molecule has 1 aliphatic rings. The van der Waals surface area contributed by atoms with E-state index in [1.165, 1.54) is 12.1 Å². The van der Waals surface area contributed by atoms with Crippen LogP contribution in [0.4, 0.5) is 4.79 Å². The number of carbonyl (C=O) groups is 3. The average molecular weight is 291 g/mol. The zero-order chi connectivity index (χ0) is 15.2. The van der Waals surface area contributed by atoms with Crippen LogP contribution in [-0.2, 0) is 0 Å². The third-order valence-electron chi connectivity index (χ3n) is 3.01. The molecule has 1 aromatic carbocycles. The molecule has 0 saturated heterocycles. The van der Waals surface area contributed by atoms with Crippen molar-refractivity contribution >= 4 is 17.9 Å². The summed E-state index contributed by atoms with van der Waals surface area (Å²) in [5.41, 5.74) is 0.0573. The summed E-state index contributed by atoms with van der Waals surface area (Å²) in [6, 6.07) is 6.01. The van der Waals surface area contributed by atoms with Crippen molar-refractivity contribution in [3.8, 4) is 0 Å². The summed E-state index contributed by atoms with van der Waals surface area (Å²) in [6.07, 6.45) is 2.02. The van der Waals surface area contributed by atoms with Gasteiger partial charge >= 0.3 is 12.0 Å². The Morgan fingerprint density at radius 3 is 2.29 bits per heavy atom. The van der Waals surface area contributed by atoms with Gasteiger partial charge in [-0.1, -0.05) is 12.1 Å². The summed E-state index contributed by atoms with van der Waals surface area (Å²) in [5, 5.41) is 17.0. The number of benzene rings is 1. The predicted octanol–water partition coefficient (Wildman–Crippen LogP) is 0.576. The van der Waals surface area contributed by atoms with Gasteiger partial charge in [0, 0.05) is 19.1 Å². The van der Waals surface area contributed by atoms with Crippen LogP contribution in [0.15, 0.2) is 24.3 Å². The molecule has 0 unspecified atom stereocenters. The van der Waals surface area contributed by atoms with Gasteiger partial charge in [0.1, 0.15) is 0 Å². The molecule has 1 saturated carbocycles. The van der Waals surface area contributed by atoms with E-state index in [4.69, 9.17) is 5.11 Å². The molecule has 0 aromatic heterocycles. The minimum absolute atomic E-state index is 0.0468. The Balaban J connectivity index is 1.76. The highest BCUT2D eigenvalue weighted by atomic mass is 16.4. The Bertz CT molecular complexity index is 555. The highest BCUT2D eigenvalue weighted by Gasteiger charge is 2.22. The first-order valence-corrected chi connectivity index (χ1v) is 6.73. The molecular formula is C14H17N3O4. The number of aromatic carboxylic acids is 1. The van der Waals surface area contributed by atoms with E-state index >= 15 is 0 Å². The molecular weight excluding hydrogens is 274 g/mol. The van der Waals surface area contributed by atoms with Crippen molar-refractivity contribution in [1.82, 2.24) is 16.0 Å². The standard InChI is InChI=1S/C14H17N3O4/c18-12(10-3-1-2-4-11(10)13(19)20)15-7-8-16-14(21)17-9-5-6-9/h1-4,9H,5-8H2,(H,15,18)(H,19,20)(H2,16,17,21). The average Bonchev–Trinajstić information content (AvgIpc) is 3.27. The largest absolute Gasteiger partial charge is 0.478 e. The fourth-order valence-corrected chi connectivity index (χ4v) is 1.78. The summed E-state index contributed by atoms with van der Waals surface area (Å²) >= 11 is 0. The number of urea groups is 1. The SMILES string of the molecule is O=C(NCCNC(=O)c1ccccc1C(=O)O)NC1CC1. The molecule has 0 bridgehead atoms. The second-order valence-corrected chi connectivity index (χ2v) is 4.78. The second kappa shape index (κ2) is 6.74. The molecule has 21 heavy (non-hydrogen) atoms. The predicted molar refractivity (Wildman–Crippen MR) is 75.3 cm³/mol. The van der Waals surface area contributed by atoms with Gasteiger partial charge in [-0.15, -0.1) is 0 Å². The summed E-state index contributed by atoms with van der Waals surface area (Å²) in [4.78, 5) is 34.2. The molecule has 1 aliphatic carbocycles. The van der Waals surface area contributed by atoms with Gasteiger partial charge in [0.05, 0.1) is 11.1 Å². The molecule has 0 atom stereocenters. The molecule has 3 amide bonds. The number of carboxylic acid groups (broad SMARTS) is 1. The van der Waals surface area contributed by atoms with Gasteiger partial charge in [-0.05, 0) is 25.0 Å². The minimum Gasteiger partial charge on any atom is -0.478 e. The van der Waals surface area contributed by atoms with E-state index in [-0.39, 0.29) is 36.3 Å². The van der Waals surface area contributed by atoms with Crippen molar-refractivity contribution in [3.05, 3.63) is 35.4 Å². The number of amides is 3. The van der Waals surface area contributed by atoms with Crippen molar-refractivity contribution in [3.63, 3.8) is 0 Å². The third kappa shape index (κ3) is 4.48. The molecule has 0 heterocycles. The smallest absolute Gasteiger partial charge is 0.336 e. The maximum Gasteiger partial charge on any atom is 0.336 e. The van der Waals surface area contributed by atoms with Crippen molar-refractivity contribution in [2.45, 2.75) is 18.9 Å². The van der Waals surface area contributed by atoms with Gasteiger partial charge in [0.25, 0.3) is 5.91 Å². The van der Waals surface area contributed by atoms with Gasteiger partial charge in [0.15, 0.2) is 0 Å². The Hall–Kier alpha value is -2.57. The zero-order valence-corrected chi connectivity index (χ0v) is 11.4. The summed E-state index contributed by atoms with van der Waals surface area (Å²) < 4.78 is 0. The highest BCUT2D eigenvalue weighted by Crippen LogP contribution is 2.18. The number of hydrogen-bond acceptors (Lipinski definition) is 3. The van der Waals surface area contributed by atoms with Crippen molar-refractivity contribution in [2.24, 2.45) is 0 Å². The molecule has 0 spiro atoms. The fourth-order valence-electron chi connectivity index (χ4n) is 1.78. The number of hydrogen-bond donors (Lipinski definition) is 4. The van der Waals surface area contributed by atoms with Crippen LogP contribution in [-0.4, -0.2) is 42.1 Å². The molecule has 1 aromatic rings. The molecule has 2 rings (SSSR count). The van der Waals surface area contributed by atoms with E-state index in [9.17, 15) is 14.4 Å². The Morgan fingerprint density at radius 2 is 1.67 bits per heavy atom. The van der Waals surface area contributed by atoms with Gasteiger partial charge in [-0.3, -0.25) is 4.79 Å². The number of carbonyl (C=O) groups excluding carboxylic acids is 2. The van der Waals surface area contributed by atoms with Crippen LogP contribution in [0.2, 0.25) is 0 Å². The highest BCUT2D eigenvalue weighted by molar-refractivity contribution is 6.04. The Kier molecular flexibility index (Phi) is 4.76. The number of carboxylic acids is 1. The van der Waals surface area contributed by atoms with E-state index < -0.39 is 11.9 Å². The topological polar surface area (TPSA) is 108 Å². The van der Waals surface area contributed by atoms with Crippen LogP contribution in [0, 0.1) is 0 Å². The van der Waals surface area contributed by atoms with Crippen molar-refractivity contribution in [2.75, 3.05) is 13.1 Å². The fraction of sp³-hybridized carbons (Fsp3) is 0.357. The lowest BCUT2D eigenvalue weighted by Gasteiger charge is -2.09. The van der Waals surface area contributed by atoms with Crippen LogP contribution in [0.3, 0.4) is 0 Å². The normalized spacial score (nSPS) is 13.3. The lowest BCUT2D eigenvalue weighted by molar-refractivity contribution is 0.0691. The van der Waals surface area contributed by atoms with Crippen molar-refractivity contribution < 1.29 is 19.5 Å². The first kappa shape index (κ1) is 14.8. The van der Waals surface area contributed by atoms with E-state index in [0.29, 0.717) is 0 Å². The lowest BCUT2D eigenvalue weighted by atomic mass is 10.1. The second-order valence-electron chi connectivity index (χ2n) is 4.78. The van der Waals surface area contributed by atoms with Crippen LogP contribution in [0.5, 0.6) is 0 Å². The quantitative estimate of drug-likeness (QED) is 0.575. The molecule has 4 N–H and O–H groups in total. The van der Waals surface area contributed by atoms with E-state index in [1.807, 2.05) is 0 Å². The van der Waals surface area contributed by atoms with E-state index in [1.54, 1.807) is 12.1 Å². The molecule has 112 valence electrons. The Morgan fingerprint density at radius 1 is 1.05 bits per heavy atom. The van der Waals surface area contributed by atoms with Crippen LogP contribution >= 0.6 is 0 Å². The summed E-state index contributed by atoms with van der Waals surface area (Å²) in [7, 11) is 0. The monoisotopic (exact) mass is 291 g/mol. The molecule has 7 nitrogen and oxygen atoms in total. The van der Waals surface area contributed by atoms with E-state index in [0.717, 1.165) is 12.8 Å². The van der Waals surface area contributed by atoms with Crippen LogP contribution in [0.25, 0.3) is 0 Å². The number of nitrogens with one attached hydrogen (secondary N) is 3. The van der Waals surface area contributed by atoms with E-state index in [2.05, 4.69) is 16.0 Å². The van der Waals surface area contributed by atoms with Gasteiger partial charge in [0.2, 0.25) is 0 Å².